The van der Waals surface area contributed by atoms with Crippen LogP contribution in [-0.2, 0) is 4.79 Å². The van der Waals surface area contributed by atoms with Crippen molar-refractivity contribution in [2.24, 2.45) is 15.2 Å². The molecule has 1 aliphatic rings. The highest BCUT2D eigenvalue weighted by atomic mass is 16.5. The van der Waals surface area contributed by atoms with E-state index in [4.69, 9.17) is 9.73 Å². The molecule has 0 saturated carbocycles. The van der Waals surface area contributed by atoms with Gasteiger partial charge in [-0.1, -0.05) is 36.8 Å². The number of aldehydes is 1. The quantitative estimate of drug-likeness (QED) is 0.323. The Balaban J connectivity index is 0.000000837. The Labute approximate surface area is 190 Å². The van der Waals surface area contributed by atoms with Crippen LogP contribution < -0.4 is 15.0 Å². The predicted molar refractivity (Wildman–Crippen MR) is 134 cm³/mol. The lowest BCUT2D eigenvalue weighted by molar-refractivity contribution is -0.108. The van der Waals surface area contributed by atoms with Crippen LogP contribution in [0.25, 0.3) is 0 Å². The normalized spacial score (nSPS) is 15.5. The number of nitrogens with zero attached hydrogens (tertiary/aromatic N) is 4. The molecule has 0 amide bonds. The molecule has 0 saturated heterocycles. The lowest BCUT2D eigenvalue weighted by Crippen LogP contribution is -2.35. The van der Waals surface area contributed by atoms with Crippen molar-refractivity contribution in [3.8, 4) is 5.75 Å². The van der Waals surface area contributed by atoms with Gasteiger partial charge in [0, 0.05) is 30.8 Å². The highest BCUT2D eigenvalue weighted by Gasteiger charge is 2.26. The molecule has 1 atom stereocenters. The fourth-order valence-corrected chi connectivity index (χ4v) is 3.31. The maximum atomic E-state index is 11.3. The van der Waals surface area contributed by atoms with Crippen molar-refractivity contribution in [2.75, 3.05) is 32.1 Å². The molecule has 7 nitrogen and oxygen atoms in total. The summed E-state index contributed by atoms with van der Waals surface area (Å²) in [6.07, 6.45) is 1.24. The zero-order valence-corrected chi connectivity index (χ0v) is 19.6. The van der Waals surface area contributed by atoms with E-state index in [0.717, 1.165) is 41.1 Å². The topological polar surface area (TPSA) is 78.7 Å². The summed E-state index contributed by atoms with van der Waals surface area (Å²) in [5.74, 6) is 1.43. The largest absolute Gasteiger partial charge is 0.497 e. The monoisotopic (exact) mass is 435 g/mol. The van der Waals surface area contributed by atoms with Crippen molar-refractivity contribution in [1.29, 1.82) is 0 Å². The second-order valence-corrected chi connectivity index (χ2v) is 7.39. The smallest absolute Gasteiger partial charge is 0.128 e. The summed E-state index contributed by atoms with van der Waals surface area (Å²) in [6, 6.07) is 13.9. The van der Waals surface area contributed by atoms with E-state index < -0.39 is 0 Å². The SMILES string of the molecule is C=N/N=C(/C)N1CC(CC=O)N=C(c2ccc(C)cc2)c2cc(OC)ccc21.CCNC. The fraction of sp³-hybridized carbons (Fsp3) is 0.360. The molecule has 1 aliphatic heterocycles. The Morgan fingerprint density at radius 1 is 1.31 bits per heavy atom. The Morgan fingerprint density at radius 3 is 2.56 bits per heavy atom. The summed E-state index contributed by atoms with van der Waals surface area (Å²) in [5, 5.41) is 10.7. The summed E-state index contributed by atoms with van der Waals surface area (Å²) in [6.45, 7) is 11.0. The Morgan fingerprint density at radius 2 is 2.00 bits per heavy atom. The highest BCUT2D eigenvalue weighted by molar-refractivity contribution is 6.18. The predicted octanol–water partition coefficient (Wildman–Crippen LogP) is 3.88. The van der Waals surface area contributed by atoms with E-state index in [1.165, 1.54) is 5.56 Å². The van der Waals surface area contributed by atoms with E-state index >= 15 is 0 Å². The molecule has 2 aromatic carbocycles. The van der Waals surface area contributed by atoms with Gasteiger partial charge in [-0.25, -0.2) is 0 Å². The summed E-state index contributed by atoms with van der Waals surface area (Å²) in [5.41, 5.74) is 4.88. The minimum Gasteiger partial charge on any atom is -0.497 e. The van der Waals surface area contributed by atoms with Crippen LogP contribution in [0.15, 0.2) is 57.7 Å². The first kappa shape index (κ1) is 24.9. The molecule has 0 aliphatic carbocycles. The number of hydrogen-bond acceptors (Lipinski definition) is 6. The minimum atomic E-state index is -0.206. The Bertz CT molecular complexity index is 965. The van der Waals surface area contributed by atoms with Gasteiger partial charge in [-0.15, -0.1) is 5.10 Å². The van der Waals surface area contributed by atoms with Crippen LogP contribution >= 0.6 is 0 Å². The molecule has 1 heterocycles. The number of rotatable bonds is 6. The second-order valence-electron chi connectivity index (χ2n) is 7.39. The van der Waals surface area contributed by atoms with Crippen LogP contribution in [0.5, 0.6) is 5.75 Å². The molecule has 0 radical (unpaired) electrons. The fourth-order valence-electron chi connectivity index (χ4n) is 3.31. The van der Waals surface area contributed by atoms with Crippen LogP contribution in [-0.4, -0.2) is 57.8 Å². The molecule has 3 rings (SSSR count). The molecule has 0 spiro atoms. The molecule has 2 aromatic rings. The second kappa shape index (κ2) is 12.5. The third kappa shape index (κ3) is 6.34. The number of aryl methyl sites for hydroxylation is 1. The van der Waals surface area contributed by atoms with Gasteiger partial charge in [0.05, 0.1) is 24.6 Å². The molecule has 170 valence electrons. The highest BCUT2D eigenvalue weighted by Crippen LogP contribution is 2.32. The molecular formula is C25H33N5O2. The first-order valence-electron chi connectivity index (χ1n) is 10.7. The third-order valence-corrected chi connectivity index (χ3v) is 5.11. The lowest BCUT2D eigenvalue weighted by atomic mass is 9.99. The van der Waals surface area contributed by atoms with Gasteiger partial charge in [-0.2, -0.15) is 5.10 Å². The van der Waals surface area contributed by atoms with Crippen molar-refractivity contribution in [3.05, 3.63) is 59.2 Å². The summed E-state index contributed by atoms with van der Waals surface area (Å²) in [4.78, 5) is 18.3. The maximum absolute atomic E-state index is 11.3. The molecule has 0 fully saturated rings. The zero-order valence-electron chi connectivity index (χ0n) is 19.6. The van der Waals surface area contributed by atoms with Crippen molar-refractivity contribution in [1.82, 2.24) is 5.32 Å². The van der Waals surface area contributed by atoms with Crippen LogP contribution in [0, 0.1) is 6.92 Å². The number of hydrogen-bond donors (Lipinski definition) is 1. The number of benzodiazepines with no additional fused rings is 1. The number of nitrogens with one attached hydrogen (secondary N) is 1. The minimum absolute atomic E-state index is 0.206. The van der Waals surface area contributed by atoms with Crippen molar-refractivity contribution in [2.45, 2.75) is 33.2 Å². The first-order valence-corrected chi connectivity index (χ1v) is 10.7. The molecule has 0 bridgehead atoms. The number of anilines is 1. The standard InChI is InChI=1S/C22H24N4O2.C3H9N/c1-15-5-7-17(8-6-15)22-20-13-19(28-4)9-10-21(20)26(16(2)25-23-3)14-18(24-22)11-12-27;1-3-4-2/h5-10,12-13,18H,3,11,14H2,1-2,4H3;4H,3H2,1-2H3/b25-16-;. The van der Waals surface area contributed by atoms with Crippen molar-refractivity contribution in [3.63, 3.8) is 0 Å². The van der Waals surface area contributed by atoms with Gasteiger partial charge in [0.2, 0.25) is 0 Å². The summed E-state index contributed by atoms with van der Waals surface area (Å²) < 4.78 is 5.45. The first-order chi connectivity index (χ1) is 15.5. The van der Waals surface area contributed by atoms with E-state index in [9.17, 15) is 4.79 Å². The molecule has 32 heavy (non-hydrogen) atoms. The number of fused-ring (bicyclic) bond motifs is 1. The van der Waals surface area contributed by atoms with Gasteiger partial charge in [0.1, 0.15) is 17.9 Å². The summed E-state index contributed by atoms with van der Waals surface area (Å²) >= 11 is 0. The molecule has 0 aromatic heterocycles. The number of ether oxygens (including phenoxy) is 1. The Kier molecular flexibility index (Phi) is 9.76. The van der Waals surface area contributed by atoms with E-state index in [1.807, 2.05) is 37.1 Å². The van der Waals surface area contributed by atoms with Gasteiger partial charge in [0.15, 0.2) is 0 Å². The third-order valence-electron chi connectivity index (χ3n) is 5.11. The number of benzene rings is 2. The van der Waals surface area contributed by atoms with Gasteiger partial charge < -0.3 is 19.7 Å². The van der Waals surface area contributed by atoms with E-state index in [2.05, 4.69) is 60.4 Å². The van der Waals surface area contributed by atoms with Crippen LogP contribution in [0.1, 0.15) is 37.0 Å². The summed E-state index contributed by atoms with van der Waals surface area (Å²) in [7, 11) is 3.57. The van der Waals surface area contributed by atoms with Crippen LogP contribution in [0.4, 0.5) is 5.69 Å². The molecule has 7 heteroatoms. The van der Waals surface area contributed by atoms with Crippen molar-refractivity contribution >= 4 is 30.2 Å². The number of aliphatic imine (C=N–C) groups is 1. The number of methoxy groups -OCH3 is 1. The molecule has 1 N–H and O–H groups in total. The molecular weight excluding hydrogens is 402 g/mol. The average Bonchev–Trinajstić information content (AvgIpc) is 2.97. The Hall–Kier alpha value is -3.32. The number of carbonyl (C=O) groups excluding carboxylic acids is 1. The molecule has 1 unspecified atom stereocenters. The zero-order chi connectivity index (χ0) is 23.5. The van der Waals surface area contributed by atoms with Crippen LogP contribution in [0.3, 0.4) is 0 Å². The van der Waals surface area contributed by atoms with Gasteiger partial charge in [0.25, 0.3) is 0 Å². The van der Waals surface area contributed by atoms with Crippen LogP contribution in [0.2, 0.25) is 0 Å². The van der Waals surface area contributed by atoms with E-state index in [-0.39, 0.29) is 6.04 Å². The lowest BCUT2D eigenvalue weighted by Gasteiger charge is -2.26. The number of amidine groups is 1. The average molecular weight is 436 g/mol. The van der Waals surface area contributed by atoms with Gasteiger partial charge in [-0.05, 0) is 45.6 Å². The number of carbonyl (C=O) groups is 1. The maximum Gasteiger partial charge on any atom is 0.128 e. The van der Waals surface area contributed by atoms with Crippen molar-refractivity contribution < 1.29 is 9.53 Å². The van der Waals surface area contributed by atoms with Gasteiger partial charge in [-0.3, -0.25) is 4.99 Å². The van der Waals surface area contributed by atoms with Gasteiger partial charge >= 0.3 is 0 Å². The van der Waals surface area contributed by atoms with E-state index in [0.29, 0.717) is 18.8 Å². The van der Waals surface area contributed by atoms with E-state index in [1.54, 1.807) is 7.11 Å².